The predicted molar refractivity (Wildman–Crippen MR) is 72.1 cm³/mol. The molecule has 1 aromatic rings. The van der Waals surface area contributed by atoms with Crippen molar-refractivity contribution in [3.63, 3.8) is 0 Å². The molecule has 1 aliphatic carbocycles. The van der Waals surface area contributed by atoms with Gasteiger partial charge >= 0.3 is 5.97 Å². The van der Waals surface area contributed by atoms with Gasteiger partial charge in [-0.2, -0.15) is 0 Å². The molecule has 1 fully saturated rings. The van der Waals surface area contributed by atoms with Crippen LogP contribution in [-0.4, -0.2) is 23.0 Å². The fourth-order valence-corrected chi connectivity index (χ4v) is 2.05. The molecule has 0 radical (unpaired) electrons. The smallest absolute Gasteiger partial charge is 0.337 e. The maximum absolute atomic E-state index is 11.8. The molecule has 1 amide bonds. The third kappa shape index (κ3) is 3.54. The lowest BCUT2D eigenvalue weighted by molar-refractivity contribution is -0.116. The number of hydrogen-bond donors (Lipinski definition) is 3. The molecule has 5 nitrogen and oxygen atoms in total. The summed E-state index contributed by atoms with van der Waals surface area (Å²) < 4.78 is 0. The van der Waals surface area contributed by atoms with E-state index in [0.29, 0.717) is 11.6 Å². The molecule has 2 rings (SSSR count). The zero-order valence-electron chi connectivity index (χ0n) is 10.8. The minimum absolute atomic E-state index is 0.105. The highest BCUT2D eigenvalue weighted by molar-refractivity contribution is 6.00. The molecular weight excluding hydrogens is 244 g/mol. The molecule has 0 spiro atoms. The first kappa shape index (κ1) is 13.5. The van der Waals surface area contributed by atoms with E-state index in [1.54, 1.807) is 25.1 Å². The monoisotopic (exact) mass is 262 g/mol. The van der Waals surface area contributed by atoms with Gasteiger partial charge in [0, 0.05) is 12.5 Å². The van der Waals surface area contributed by atoms with E-state index in [4.69, 9.17) is 10.8 Å². The molecule has 5 heteroatoms. The number of nitrogens with two attached hydrogens (primary N) is 1. The molecule has 1 aliphatic rings. The maximum atomic E-state index is 11.8. The van der Waals surface area contributed by atoms with Crippen LogP contribution in [0, 0.1) is 12.8 Å². The number of carbonyl (C=O) groups excluding carboxylic acids is 1. The average Bonchev–Trinajstić information content (AvgIpc) is 3.15. The lowest BCUT2D eigenvalue weighted by Gasteiger charge is -2.12. The summed E-state index contributed by atoms with van der Waals surface area (Å²) in [6, 6.07) is 4.79. The van der Waals surface area contributed by atoms with Crippen LogP contribution < -0.4 is 11.1 Å². The lowest BCUT2D eigenvalue weighted by Crippen LogP contribution is -2.29. The summed E-state index contributed by atoms with van der Waals surface area (Å²) in [6.07, 6.45) is 2.40. The third-order valence-corrected chi connectivity index (χ3v) is 3.33. The van der Waals surface area contributed by atoms with Crippen molar-refractivity contribution < 1.29 is 14.7 Å². The Labute approximate surface area is 111 Å². The van der Waals surface area contributed by atoms with E-state index in [2.05, 4.69) is 5.32 Å². The number of aryl methyl sites for hydroxylation is 1. The van der Waals surface area contributed by atoms with Gasteiger partial charge in [0.15, 0.2) is 0 Å². The SMILES string of the molecule is Cc1ccc(NC(=O)CC(N)C2CC2)c(C(=O)O)c1. The summed E-state index contributed by atoms with van der Waals surface area (Å²) in [5, 5.41) is 11.7. The van der Waals surface area contributed by atoms with Crippen molar-refractivity contribution in [2.24, 2.45) is 11.7 Å². The van der Waals surface area contributed by atoms with Crippen molar-refractivity contribution in [3.05, 3.63) is 29.3 Å². The second-order valence-corrected chi connectivity index (χ2v) is 5.11. The highest BCUT2D eigenvalue weighted by atomic mass is 16.4. The van der Waals surface area contributed by atoms with Gasteiger partial charge in [0.05, 0.1) is 11.3 Å². The number of carboxylic acid groups (broad SMARTS) is 1. The van der Waals surface area contributed by atoms with Gasteiger partial charge in [-0.3, -0.25) is 4.79 Å². The van der Waals surface area contributed by atoms with Crippen LogP contribution in [0.25, 0.3) is 0 Å². The molecule has 1 unspecified atom stereocenters. The Kier molecular flexibility index (Phi) is 3.85. The van der Waals surface area contributed by atoms with Gasteiger partial charge in [-0.1, -0.05) is 11.6 Å². The van der Waals surface area contributed by atoms with Crippen molar-refractivity contribution in [1.82, 2.24) is 0 Å². The van der Waals surface area contributed by atoms with Gasteiger partial charge in [-0.15, -0.1) is 0 Å². The summed E-state index contributed by atoms with van der Waals surface area (Å²) in [7, 11) is 0. The zero-order chi connectivity index (χ0) is 14.0. The Balaban J connectivity index is 2.05. The maximum Gasteiger partial charge on any atom is 0.337 e. The zero-order valence-corrected chi connectivity index (χ0v) is 10.8. The summed E-state index contributed by atoms with van der Waals surface area (Å²) >= 11 is 0. The molecule has 1 saturated carbocycles. The van der Waals surface area contributed by atoms with Gasteiger partial charge in [-0.25, -0.2) is 4.79 Å². The first-order valence-corrected chi connectivity index (χ1v) is 6.36. The molecule has 0 aromatic heterocycles. The summed E-state index contributed by atoms with van der Waals surface area (Å²) in [5.74, 6) is -0.834. The standard InChI is InChI=1S/C14H18N2O3/c1-8-2-5-12(10(6-8)14(18)19)16-13(17)7-11(15)9-3-4-9/h2,5-6,9,11H,3-4,7,15H2,1H3,(H,16,17)(H,18,19). The number of benzene rings is 1. The van der Waals surface area contributed by atoms with Crippen molar-refractivity contribution in [3.8, 4) is 0 Å². The Morgan fingerprint density at radius 1 is 1.47 bits per heavy atom. The molecule has 19 heavy (non-hydrogen) atoms. The Morgan fingerprint density at radius 3 is 2.74 bits per heavy atom. The molecule has 0 saturated heterocycles. The van der Waals surface area contributed by atoms with Crippen molar-refractivity contribution in [2.45, 2.75) is 32.2 Å². The number of carbonyl (C=O) groups is 2. The average molecular weight is 262 g/mol. The van der Waals surface area contributed by atoms with Crippen LogP contribution in [-0.2, 0) is 4.79 Å². The molecule has 102 valence electrons. The Morgan fingerprint density at radius 2 is 2.16 bits per heavy atom. The number of hydrogen-bond acceptors (Lipinski definition) is 3. The van der Waals surface area contributed by atoms with Crippen LogP contribution in [0.4, 0.5) is 5.69 Å². The first-order valence-electron chi connectivity index (χ1n) is 6.36. The lowest BCUT2D eigenvalue weighted by atomic mass is 10.1. The fraction of sp³-hybridized carbons (Fsp3) is 0.429. The number of carboxylic acids is 1. The van der Waals surface area contributed by atoms with Gasteiger partial charge in [0.25, 0.3) is 0 Å². The largest absolute Gasteiger partial charge is 0.478 e. The molecule has 4 N–H and O–H groups in total. The number of amides is 1. The van der Waals surface area contributed by atoms with E-state index < -0.39 is 5.97 Å². The van der Waals surface area contributed by atoms with E-state index in [9.17, 15) is 9.59 Å². The third-order valence-electron chi connectivity index (χ3n) is 3.33. The van der Waals surface area contributed by atoms with Crippen LogP contribution in [0.3, 0.4) is 0 Å². The predicted octanol–water partition coefficient (Wildman–Crippen LogP) is 1.76. The van der Waals surface area contributed by atoms with Crippen molar-refractivity contribution in [2.75, 3.05) is 5.32 Å². The summed E-state index contributed by atoms with van der Waals surface area (Å²) in [6.45, 7) is 1.81. The number of rotatable bonds is 5. The van der Waals surface area contributed by atoms with E-state index in [1.165, 1.54) is 0 Å². The van der Waals surface area contributed by atoms with Crippen molar-refractivity contribution in [1.29, 1.82) is 0 Å². The van der Waals surface area contributed by atoms with Gasteiger partial charge < -0.3 is 16.2 Å². The molecule has 0 heterocycles. The number of nitrogens with one attached hydrogen (secondary N) is 1. The Hall–Kier alpha value is -1.88. The normalized spacial score (nSPS) is 15.9. The fourth-order valence-electron chi connectivity index (χ4n) is 2.05. The van der Waals surface area contributed by atoms with Gasteiger partial charge in [0.1, 0.15) is 0 Å². The molecule has 1 aromatic carbocycles. The van der Waals surface area contributed by atoms with Crippen LogP contribution in [0.2, 0.25) is 0 Å². The second kappa shape index (κ2) is 5.40. The van der Waals surface area contributed by atoms with E-state index in [0.717, 1.165) is 18.4 Å². The van der Waals surface area contributed by atoms with E-state index in [1.807, 2.05) is 0 Å². The van der Waals surface area contributed by atoms with Crippen molar-refractivity contribution >= 4 is 17.6 Å². The molecule has 0 bridgehead atoms. The minimum atomic E-state index is -1.05. The van der Waals surface area contributed by atoms with Crippen LogP contribution >= 0.6 is 0 Å². The van der Waals surface area contributed by atoms with Crippen LogP contribution in [0.5, 0.6) is 0 Å². The van der Waals surface area contributed by atoms with Crippen LogP contribution in [0.15, 0.2) is 18.2 Å². The van der Waals surface area contributed by atoms with Gasteiger partial charge in [-0.05, 0) is 37.8 Å². The van der Waals surface area contributed by atoms with E-state index >= 15 is 0 Å². The summed E-state index contributed by atoms with van der Waals surface area (Å²) in [4.78, 5) is 23.0. The highest BCUT2D eigenvalue weighted by Gasteiger charge is 2.30. The quantitative estimate of drug-likeness (QED) is 0.753. The topological polar surface area (TPSA) is 92.4 Å². The molecule has 1 atom stereocenters. The van der Waals surface area contributed by atoms with Crippen LogP contribution in [0.1, 0.15) is 35.2 Å². The number of aromatic carboxylic acids is 1. The first-order chi connectivity index (χ1) is 8.97. The Bertz CT molecular complexity index is 509. The molecular formula is C14H18N2O3. The number of anilines is 1. The molecule has 0 aliphatic heterocycles. The highest BCUT2D eigenvalue weighted by Crippen LogP contribution is 2.32. The van der Waals surface area contributed by atoms with Gasteiger partial charge in [0.2, 0.25) is 5.91 Å². The summed E-state index contributed by atoms with van der Waals surface area (Å²) in [5.41, 5.74) is 7.15. The minimum Gasteiger partial charge on any atom is -0.478 e. The van der Waals surface area contributed by atoms with E-state index in [-0.39, 0.29) is 23.9 Å². The second-order valence-electron chi connectivity index (χ2n) is 5.11.